The SMILES string of the molecule is CC[C@H](C)[C@@H]([C@@H](CC(=O)N1CCC[C@H]1[C@H](OC)[C@@H](C)C(=O)C[C@H](C)[C@@H](O)c1ccccc1)OC)N(C)C(=O)[C@@H](CC(=O)[C@H](C(C)C)N(C)C(=O)OCc1ccc(NC(=O)[C@H](CCCNC(N)=O)CC(=O)[C@@H](NC(=O)CCCCCNC(=O)CC(SCC(NC(=O)CCOCCCC(=O)CN)C(=O)CCC(C)=O)C(=O)O)C(C)C)cc1)C(C)C. The first kappa shape index (κ1) is 104. The number of carboxylic acids is 1. The maximum absolute atomic E-state index is 15.0. The van der Waals surface area contributed by atoms with Gasteiger partial charge in [-0.15, -0.1) is 11.8 Å². The van der Waals surface area contributed by atoms with Crippen molar-refractivity contribution in [2.75, 3.05) is 78.8 Å². The summed E-state index contributed by atoms with van der Waals surface area (Å²) in [4.78, 5) is 204. The van der Waals surface area contributed by atoms with Gasteiger partial charge < -0.3 is 86.7 Å². The van der Waals surface area contributed by atoms with Crippen molar-refractivity contribution < 1.29 is 101 Å². The van der Waals surface area contributed by atoms with E-state index in [1.54, 1.807) is 82.8 Å². The van der Waals surface area contributed by atoms with Crippen LogP contribution in [0.2, 0.25) is 0 Å². The van der Waals surface area contributed by atoms with Gasteiger partial charge >= 0.3 is 18.1 Å². The number of nitrogens with zero attached hydrogens (tertiary/aromatic N) is 3. The Kier molecular flexibility index (Phi) is 47.9. The number of aliphatic hydroxyl groups is 1. The molecule has 662 valence electrons. The fourth-order valence-corrected chi connectivity index (χ4v) is 15.9. The van der Waals surface area contributed by atoms with Crippen LogP contribution in [-0.2, 0) is 87.9 Å². The quantitative estimate of drug-likeness (QED) is 0.0281. The number of aliphatic hydroxyl groups excluding tert-OH is 1. The van der Waals surface area contributed by atoms with Gasteiger partial charge in [-0.2, -0.15) is 0 Å². The predicted octanol–water partition coefficient (Wildman–Crippen LogP) is 8.25. The Morgan fingerprint density at radius 1 is 0.653 bits per heavy atom. The van der Waals surface area contributed by atoms with Crippen molar-refractivity contribution in [3.63, 3.8) is 0 Å². The predicted molar refractivity (Wildman–Crippen MR) is 448 cm³/mol. The molecule has 2 aromatic carbocycles. The van der Waals surface area contributed by atoms with Crippen LogP contribution in [0.5, 0.6) is 0 Å². The molecule has 0 saturated carbocycles. The number of hydrogen-bond donors (Lipinski definition) is 9. The molecule has 11 N–H and O–H groups in total. The maximum Gasteiger partial charge on any atom is 0.410 e. The smallest absolute Gasteiger partial charge is 0.410 e. The van der Waals surface area contributed by atoms with Crippen LogP contribution in [0.15, 0.2) is 54.6 Å². The van der Waals surface area contributed by atoms with Crippen molar-refractivity contribution in [3.8, 4) is 0 Å². The van der Waals surface area contributed by atoms with Gasteiger partial charge in [0.2, 0.25) is 35.4 Å². The summed E-state index contributed by atoms with van der Waals surface area (Å²) in [6.07, 6.45) is -0.0452. The monoisotopic (exact) mass is 1680 g/mol. The van der Waals surface area contributed by atoms with E-state index >= 15 is 0 Å². The molecule has 32 heteroatoms. The molecule has 0 bridgehead atoms. The van der Waals surface area contributed by atoms with E-state index in [1.807, 2.05) is 65.0 Å². The van der Waals surface area contributed by atoms with Gasteiger partial charge in [0.25, 0.3) is 0 Å². The average molecular weight is 1680 g/mol. The summed E-state index contributed by atoms with van der Waals surface area (Å²) in [7, 11) is 6.19. The molecule has 2 unspecified atom stereocenters. The van der Waals surface area contributed by atoms with Gasteiger partial charge in [0.15, 0.2) is 17.3 Å². The average Bonchev–Trinajstić information content (AvgIpc) is 1.79. The molecule has 1 fully saturated rings. The molecule has 1 heterocycles. The lowest BCUT2D eigenvalue weighted by Crippen LogP contribution is -2.54. The number of hydrogen-bond acceptors (Lipinski definition) is 22. The first-order valence-electron chi connectivity index (χ1n) is 41.6. The van der Waals surface area contributed by atoms with Crippen molar-refractivity contribution >= 4 is 106 Å². The topological polar surface area (TPSA) is 455 Å². The number of likely N-dealkylation sites (N-methyl/N-ethyl adjacent to an activating group) is 2. The van der Waals surface area contributed by atoms with E-state index in [9.17, 15) is 82.1 Å². The van der Waals surface area contributed by atoms with E-state index < -0.39 is 137 Å². The number of primary amides is 1. The lowest BCUT2D eigenvalue weighted by molar-refractivity contribution is -0.149. The Bertz CT molecular complexity index is 3570. The van der Waals surface area contributed by atoms with Crippen LogP contribution in [0.4, 0.5) is 15.3 Å². The molecular formula is C86H136N10O21S. The van der Waals surface area contributed by atoms with Gasteiger partial charge in [0.1, 0.15) is 29.2 Å². The summed E-state index contributed by atoms with van der Waals surface area (Å²) in [6, 6.07) is 10.7. The Morgan fingerprint density at radius 3 is 1.91 bits per heavy atom. The number of carbonyl (C=O) groups is 15. The second kappa shape index (κ2) is 54.6. The van der Waals surface area contributed by atoms with Gasteiger partial charge in [-0.3, -0.25) is 57.5 Å². The second-order valence-electron chi connectivity index (χ2n) is 32.3. The zero-order chi connectivity index (χ0) is 88.5. The molecule has 0 aromatic heterocycles. The van der Waals surface area contributed by atoms with Crippen LogP contribution in [0.3, 0.4) is 0 Å². The van der Waals surface area contributed by atoms with Crippen molar-refractivity contribution in [2.45, 2.75) is 259 Å². The molecule has 0 spiro atoms. The van der Waals surface area contributed by atoms with Crippen molar-refractivity contribution in [3.05, 3.63) is 65.7 Å². The summed E-state index contributed by atoms with van der Waals surface area (Å²) in [5.74, 6) is -9.83. The minimum atomic E-state index is -1.32. The normalized spacial score (nSPS) is 16.1. The third kappa shape index (κ3) is 36.2. The molecule has 118 heavy (non-hydrogen) atoms. The van der Waals surface area contributed by atoms with E-state index in [-0.39, 0.29) is 174 Å². The second-order valence-corrected chi connectivity index (χ2v) is 33.5. The number of rotatable bonds is 60. The van der Waals surface area contributed by atoms with E-state index in [1.165, 1.54) is 26.0 Å². The number of aliphatic carboxylic acids is 1. The number of carboxylic acid groups (broad SMARTS) is 1. The molecule has 2 aromatic rings. The number of anilines is 1. The molecular weight excluding hydrogens is 1540 g/mol. The van der Waals surface area contributed by atoms with Crippen molar-refractivity contribution in [1.29, 1.82) is 0 Å². The van der Waals surface area contributed by atoms with Crippen LogP contribution in [0.25, 0.3) is 0 Å². The number of methoxy groups -OCH3 is 2. The number of Topliss-reactive ketones (excluding diaryl/α,β-unsaturated/α-hetero) is 6. The number of carbonyl (C=O) groups excluding carboxylic acids is 14. The third-order valence-electron chi connectivity index (χ3n) is 21.9. The molecule has 1 aliphatic rings. The molecule has 14 atom stereocenters. The first-order valence-corrected chi connectivity index (χ1v) is 42.6. The van der Waals surface area contributed by atoms with E-state index in [2.05, 4.69) is 26.6 Å². The number of ketones is 6. The van der Waals surface area contributed by atoms with Crippen LogP contribution in [0.1, 0.15) is 215 Å². The van der Waals surface area contributed by atoms with Gasteiger partial charge in [0.05, 0.1) is 68.1 Å². The summed E-state index contributed by atoms with van der Waals surface area (Å²) in [6.45, 7) is 20.3. The summed E-state index contributed by atoms with van der Waals surface area (Å²) < 4.78 is 23.3. The molecule has 1 aliphatic heterocycles. The summed E-state index contributed by atoms with van der Waals surface area (Å²) >= 11 is 0.793. The fraction of sp³-hybridized carbons (Fsp3) is 0.686. The van der Waals surface area contributed by atoms with E-state index in [0.29, 0.717) is 62.7 Å². The highest BCUT2D eigenvalue weighted by molar-refractivity contribution is 8.00. The largest absolute Gasteiger partial charge is 0.480 e. The third-order valence-corrected chi connectivity index (χ3v) is 23.2. The number of likely N-dealkylation sites (tertiary alicyclic amines) is 1. The van der Waals surface area contributed by atoms with Gasteiger partial charge in [-0.1, -0.05) is 125 Å². The standard InChI is InChI=1S/C86H136N10O21S/c1-16-55(8)79(71(114-14)47-76(106)96-41-24-30-66(96)81(115-15)58(11)68(100)44-56(9)80(107)60-26-19-17-20-27-60)94(12)83(109)64(52(2)3)46-70(102)78(54(6)7)95(13)86(113)117-50-59-33-35-62(36-34-59)91-82(108)61(28-23-40-90-85(88)112)45-69(101)77(53(4)5)93-73(103)31-21-18-22-39-89-75(105)48-72(84(110)111)118-51-65(67(99)37-32-57(10)97)92-74(104)38-43-116-42-25-29-63(98)49-87/h17,19-20,26-27,33-36,52-56,58,61,64-66,71-72,77-81,107H,16,18,21-25,28-32,37-51,87H2,1-15H3,(H,89,105)(H,91,108)(H,92,104)(H,93,103)(H,110,111)(H3,88,90,112)/t55-,56-,58-,61+,64-,65?,66-,71+,72?,77-,78-,79-,80+,81+/m0/s1. The lowest BCUT2D eigenvalue weighted by atomic mass is 9.83. The Hall–Kier alpha value is -8.56. The summed E-state index contributed by atoms with van der Waals surface area (Å²) in [5, 5.41) is 33.2. The number of nitrogens with one attached hydrogen (secondary N) is 5. The molecule has 1 saturated heterocycles. The Morgan fingerprint density at radius 2 is 1.31 bits per heavy atom. The number of urea groups is 1. The molecule has 31 nitrogen and oxygen atoms in total. The minimum absolute atomic E-state index is 0.00639. The number of ether oxygens (including phenoxy) is 4. The van der Waals surface area contributed by atoms with E-state index in [0.717, 1.165) is 17.3 Å². The number of nitrogens with two attached hydrogens (primary N) is 2. The van der Waals surface area contributed by atoms with Crippen molar-refractivity contribution in [2.24, 2.45) is 58.8 Å². The lowest BCUT2D eigenvalue weighted by Gasteiger charge is -2.41. The number of thioether (sulfide) groups is 1. The van der Waals surface area contributed by atoms with Gasteiger partial charge in [-0.05, 0) is 105 Å². The van der Waals surface area contributed by atoms with E-state index in [4.69, 9.17) is 30.4 Å². The molecule has 9 amide bonds. The van der Waals surface area contributed by atoms with Gasteiger partial charge in [-0.25, -0.2) is 9.59 Å². The van der Waals surface area contributed by atoms with Crippen molar-refractivity contribution in [1.82, 2.24) is 36.0 Å². The fourth-order valence-electron chi connectivity index (χ4n) is 14.8. The first-order chi connectivity index (χ1) is 55.8. The Balaban J connectivity index is 1.61. The summed E-state index contributed by atoms with van der Waals surface area (Å²) in [5.41, 5.74) is 12.2. The zero-order valence-corrected chi connectivity index (χ0v) is 73.0. The highest BCUT2D eigenvalue weighted by atomic mass is 32.2. The highest BCUT2D eigenvalue weighted by Crippen LogP contribution is 2.34. The molecule has 3 rings (SSSR count). The van der Waals surface area contributed by atoms with Crippen LogP contribution in [0, 0.1) is 47.3 Å². The molecule has 0 aliphatic carbocycles. The number of unbranched alkanes of at least 4 members (excludes halogenated alkanes) is 2. The number of amides is 9. The maximum atomic E-state index is 15.0. The zero-order valence-electron chi connectivity index (χ0n) is 72.2. The van der Waals surface area contributed by atoms with Gasteiger partial charge in [0, 0.05) is 142 Å². The Labute approximate surface area is 701 Å². The van der Waals surface area contributed by atoms with Crippen LogP contribution < -0.4 is 38.1 Å². The molecule has 0 radical (unpaired) electrons. The highest BCUT2D eigenvalue weighted by Gasteiger charge is 2.44. The number of benzene rings is 2. The minimum Gasteiger partial charge on any atom is -0.480 e. The van der Waals surface area contributed by atoms with Crippen LogP contribution >= 0.6 is 11.8 Å². The van der Waals surface area contributed by atoms with Crippen LogP contribution in [-0.4, -0.2) is 234 Å².